The number of allylic oxidation sites excluding steroid dienone is 1. The third-order valence-corrected chi connectivity index (χ3v) is 5.40. The van der Waals surface area contributed by atoms with E-state index in [2.05, 4.69) is 29.3 Å². The van der Waals surface area contributed by atoms with Crippen molar-refractivity contribution in [3.8, 4) is 11.5 Å². The zero-order chi connectivity index (χ0) is 19.9. The maximum absolute atomic E-state index is 6.42. The number of benzene rings is 2. The molecule has 0 amide bonds. The summed E-state index contributed by atoms with van der Waals surface area (Å²) in [7, 11) is 1.68. The van der Waals surface area contributed by atoms with E-state index in [0.717, 1.165) is 53.7 Å². The van der Waals surface area contributed by atoms with Crippen molar-refractivity contribution in [1.82, 2.24) is 10.2 Å². The van der Waals surface area contributed by atoms with E-state index in [1.54, 1.807) is 7.11 Å². The molecule has 1 aliphatic rings. The van der Waals surface area contributed by atoms with Gasteiger partial charge in [-0.25, -0.2) is 0 Å². The fourth-order valence-electron chi connectivity index (χ4n) is 3.64. The first-order valence-electron chi connectivity index (χ1n) is 9.85. The van der Waals surface area contributed by atoms with E-state index in [4.69, 9.17) is 21.1 Å². The molecule has 4 nitrogen and oxygen atoms in total. The molecule has 1 N–H and O–H groups in total. The van der Waals surface area contributed by atoms with Crippen LogP contribution in [-0.2, 0) is 0 Å². The fraction of sp³-hybridized carbons (Fsp3) is 0.391. The van der Waals surface area contributed by atoms with Crippen LogP contribution in [0.15, 0.2) is 48.5 Å². The average Bonchev–Trinajstić information content (AvgIpc) is 2.73. The second kappa shape index (κ2) is 9.97. The first kappa shape index (κ1) is 20.7. The van der Waals surface area contributed by atoms with Gasteiger partial charge in [0.15, 0.2) is 17.7 Å². The zero-order valence-electron chi connectivity index (χ0n) is 16.8. The van der Waals surface area contributed by atoms with Crippen molar-refractivity contribution >= 4 is 17.7 Å². The summed E-state index contributed by atoms with van der Waals surface area (Å²) in [6.45, 7) is 6.83. The van der Waals surface area contributed by atoms with Crippen LogP contribution in [-0.4, -0.2) is 37.9 Å². The highest BCUT2D eigenvalue weighted by molar-refractivity contribution is 6.31. The average molecular weight is 401 g/mol. The van der Waals surface area contributed by atoms with Gasteiger partial charge in [0.2, 0.25) is 0 Å². The Morgan fingerprint density at radius 1 is 1.25 bits per heavy atom. The molecule has 1 aliphatic heterocycles. The van der Waals surface area contributed by atoms with Crippen molar-refractivity contribution in [2.45, 2.75) is 32.5 Å². The van der Waals surface area contributed by atoms with E-state index < -0.39 is 0 Å². The van der Waals surface area contributed by atoms with E-state index in [0.29, 0.717) is 0 Å². The highest BCUT2D eigenvalue weighted by atomic mass is 35.5. The number of nitrogens with zero attached hydrogens (tertiary/aromatic N) is 1. The van der Waals surface area contributed by atoms with Gasteiger partial charge in [0.05, 0.1) is 7.11 Å². The van der Waals surface area contributed by atoms with E-state index >= 15 is 0 Å². The topological polar surface area (TPSA) is 33.7 Å². The summed E-state index contributed by atoms with van der Waals surface area (Å²) in [5, 5.41) is 4.38. The number of rotatable bonds is 7. The van der Waals surface area contributed by atoms with Crippen LogP contribution >= 0.6 is 11.6 Å². The molecule has 2 aromatic carbocycles. The van der Waals surface area contributed by atoms with E-state index in [1.165, 1.54) is 0 Å². The Kier molecular flexibility index (Phi) is 7.37. The molecule has 150 valence electrons. The summed E-state index contributed by atoms with van der Waals surface area (Å²) in [6, 6.07) is 14.3. The largest absolute Gasteiger partial charge is 0.493 e. The van der Waals surface area contributed by atoms with Crippen molar-refractivity contribution < 1.29 is 9.47 Å². The van der Waals surface area contributed by atoms with Gasteiger partial charge < -0.3 is 14.8 Å². The second-order valence-corrected chi connectivity index (χ2v) is 7.32. The fourth-order valence-corrected chi connectivity index (χ4v) is 3.91. The molecule has 0 aromatic heterocycles. The summed E-state index contributed by atoms with van der Waals surface area (Å²) in [5.41, 5.74) is 2.23. The molecule has 0 spiro atoms. The number of piperazine rings is 1. The summed E-state index contributed by atoms with van der Waals surface area (Å²) in [4.78, 5) is 2.38. The molecule has 2 atom stereocenters. The van der Waals surface area contributed by atoms with Crippen molar-refractivity contribution in [3.63, 3.8) is 0 Å². The van der Waals surface area contributed by atoms with Crippen molar-refractivity contribution in [2.24, 2.45) is 0 Å². The van der Waals surface area contributed by atoms with Crippen LogP contribution in [0.5, 0.6) is 11.5 Å². The standard InChI is InChI=1S/C23H29ClN2O2/c1-4-8-17-11-12-21(22(15-17)27-3)28-23(5-2)26-14-13-25-20(16-26)18-9-6-7-10-19(18)24/h4,6-12,15,20,23,25H,5,13-14,16H2,1-3H3/b8-4+. The lowest BCUT2D eigenvalue weighted by atomic mass is 10.0. The number of hydrogen-bond acceptors (Lipinski definition) is 4. The molecule has 2 aromatic rings. The quantitative estimate of drug-likeness (QED) is 0.697. The number of hydrogen-bond donors (Lipinski definition) is 1. The monoisotopic (exact) mass is 400 g/mol. The lowest BCUT2D eigenvalue weighted by Gasteiger charge is -2.38. The molecule has 5 heteroatoms. The predicted octanol–water partition coefficient (Wildman–Crippen LogP) is 5.14. The second-order valence-electron chi connectivity index (χ2n) is 6.91. The number of methoxy groups -OCH3 is 1. The molecule has 2 unspecified atom stereocenters. The third kappa shape index (κ3) is 4.88. The van der Waals surface area contributed by atoms with Crippen LogP contribution in [0.2, 0.25) is 5.02 Å². The van der Waals surface area contributed by atoms with Crippen molar-refractivity contribution in [2.75, 3.05) is 26.7 Å². The van der Waals surface area contributed by atoms with Crippen LogP contribution in [0.4, 0.5) is 0 Å². The molecular weight excluding hydrogens is 372 g/mol. The van der Waals surface area contributed by atoms with Gasteiger partial charge in [-0.2, -0.15) is 0 Å². The molecule has 28 heavy (non-hydrogen) atoms. The maximum Gasteiger partial charge on any atom is 0.163 e. The SMILES string of the molecule is C/C=C/c1ccc(OC(CC)N2CCNC(c3ccccc3Cl)C2)c(OC)c1. The van der Waals surface area contributed by atoms with Gasteiger partial charge in [-0.1, -0.05) is 54.9 Å². The van der Waals surface area contributed by atoms with E-state index in [1.807, 2.05) is 49.4 Å². The van der Waals surface area contributed by atoms with Gasteiger partial charge in [-0.05, 0) is 42.7 Å². The van der Waals surface area contributed by atoms with Crippen LogP contribution < -0.4 is 14.8 Å². The van der Waals surface area contributed by atoms with E-state index in [-0.39, 0.29) is 12.3 Å². The molecule has 1 fully saturated rings. The maximum atomic E-state index is 6.42. The molecule has 0 bridgehead atoms. The molecule has 0 aliphatic carbocycles. The summed E-state index contributed by atoms with van der Waals surface area (Å²) in [5.74, 6) is 1.53. The smallest absolute Gasteiger partial charge is 0.163 e. The van der Waals surface area contributed by atoms with Gasteiger partial charge in [0.25, 0.3) is 0 Å². The summed E-state index contributed by atoms with van der Waals surface area (Å²) in [6.07, 6.45) is 4.93. The van der Waals surface area contributed by atoms with Gasteiger partial charge >= 0.3 is 0 Å². The molecule has 3 rings (SSSR count). The Bertz CT molecular complexity index is 809. The first-order chi connectivity index (χ1) is 13.7. The Morgan fingerprint density at radius 2 is 2.07 bits per heavy atom. The Hall–Kier alpha value is -2.01. The summed E-state index contributed by atoms with van der Waals surface area (Å²) >= 11 is 6.42. The molecular formula is C23H29ClN2O2. The number of ether oxygens (including phenoxy) is 2. The molecule has 0 saturated carbocycles. The Morgan fingerprint density at radius 3 is 2.79 bits per heavy atom. The molecule has 1 heterocycles. The van der Waals surface area contributed by atoms with E-state index in [9.17, 15) is 0 Å². The first-order valence-corrected chi connectivity index (χ1v) is 10.2. The lowest BCUT2D eigenvalue weighted by molar-refractivity contribution is 0.00182. The Labute approximate surface area is 173 Å². The molecule has 1 saturated heterocycles. The van der Waals surface area contributed by atoms with Crippen LogP contribution in [0.1, 0.15) is 37.4 Å². The minimum Gasteiger partial charge on any atom is -0.493 e. The molecule has 0 radical (unpaired) electrons. The predicted molar refractivity (Wildman–Crippen MR) is 116 cm³/mol. The van der Waals surface area contributed by atoms with Crippen LogP contribution in [0.25, 0.3) is 6.08 Å². The minimum absolute atomic E-state index is 0.0199. The summed E-state index contributed by atoms with van der Waals surface area (Å²) < 4.78 is 12.0. The Balaban J connectivity index is 1.75. The van der Waals surface area contributed by atoms with Crippen LogP contribution in [0.3, 0.4) is 0 Å². The van der Waals surface area contributed by atoms with Crippen molar-refractivity contribution in [1.29, 1.82) is 0 Å². The van der Waals surface area contributed by atoms with Gasteiger partial charge in [-0.15, -0.1) is 0 Å². The number of nitrogens with one attached hydrogen (secondary N) is 1. The lowest BCUT2D eigenvalue weighted by Crippen LogP contribution is -2.51. The third-order valence-electron chi connectivity index (χ3n) is 5.05. The minimum atomic E-state index is -0.0199. The van der Waals surface area contributed by atoms with Crippen molar-refractivity contribution in [3.05, 3.63) is 64.7 Å². The normalized spacial score (nSPS) is 18.9. The highest BCUT2D eigenvalue weighted by Crippen LogP contribution is 2.32. The van der Waals surface area contributed by atoms with Gasteiger partial charge in [0, 0.05) is 30.7 Å². The number of halogens is 1. The van der Waals surface area contributed by atoms with Gasteiger partial charge in [-0.3, -0.25) is 4.90 Å². The van der Waals surface area contributed by atoms with Gasteiger partial charge in [0.1, 0.15) is 0 Å². The zero-order valence-corrected chi connectivity index (χ0v) is 17.6. The van der Waals surface area contributed by atoms with Crippen LogP contribution in [0, 0.1) is 0 Å². The highest BCUT2D eigenvalue weighted by Gasteiger charge is 2.28.